The molecule has 0 aliphatic carbocycles. The second-order valence-electron chi connectivity index (χ2n) is 7.93. The van der Waals surface area contributed by atoms with Crippen LogP contribution in [0.2, 0.25) is 0 Å². The Bertz CT molecular complexity index is 1080. The first-order valence-electron chi connectivity index (χ1n) is 10.5. The normalized spacial score (nSPS) is 15.6. The summed E-state index contributed by atoms with van der Waals surface area (Å²) in [5.41, 5.74) is 2.53. The van der Waals surface area contributed by atoms with Gasteiger partial charge in [-0.05, 0) is 43.3 Å². The number of carbonyl (C=O) groups excluding carboxylic acids is 3. The molecule has 164 valence electrons. The molecule has 7 nitrogen and oxygen atoms in total. The second-order valence-corrected chi connectivity index (χ2v) is 7.93. The van der Waals surface area contributed by atoms with Crippen LogP contribution in [0.25, 0.3) is 0 Å². The van der Waals surface area contributed by atoms with Crippen LogP contribution in [-0.4, -0.2) is 35.7 Å². The Balaban J connectivity index is 1.47. The summed E-state index contributed by atoms with van der Waals surface area (Å²) >= 11 is 0. The summed E-state index contributed by atoms with van der Waals surface area (Å²) in [6.45, 7) is 2.29. The smallest absolute Gasteiger partial charge is 0.244 e. The van der Waals surface area contributed by atoms with Crippen molar-refractivity contribution in [2.24, 2.45) is 5.92 Å². The van der Waals surface area contributed by atoms with E-state index in [9.17, 15) is 14.4 Å². The Morgan fingerprint density at radius 2 is 1.81 bits per heavy atom. The van der Waals surface area contributed by atoms with Gasteiger partial charge in [-0.15, -0.1) is 0 Å². The van der Waals surface area contributed by atoms with Gasteiger partial charge in [0.25, 0.3) is 0 Å². The molecule has 0 saturated carbocycles. The number of hydrogen-bond donors (Lipinski definition) is 1. The van der Waals surface area contributed by atoms with E-state index in [0.29, 0.717) is 11.4 Å². The quantitative estimate of drug-likeness (QED) is 0.620. The number of carbonyl (C=O) groups is 3. The first-order valence-corrected chi connectivity index (χ1v) is 10.5. The van der Waals surface area contributed by atoms with Gasteiger partial charge in [-0.1, -0.05) is 35.9 Å². The number of anilines is 2. The predicted octanol–water partition coefficient (Wildman–Crippen LogP) is 3.61. The molecule has 4 rings (SSSR count). The molecule has 3 aromatic rings. The van der Waals surface area contributed by atoms with E-state index < -0.39 is 5.92 Å². The summed E-state index contributed by atoms with van der Waals surface area (Å²) in [7, 11) is 0. The lowest BCUT2D eigenvalue weighted by atomic mass is 10.1. The van der Waals surface area contributed by atoms with Crippen LogP contribution in [0.4, 0.5) is 11.4 Å². The Morgan fingerprint density at radius 1 is 1.06 bits per heavy atom. The number of para-hydroxylation sites is 1. The number of hydrogen-bond acceptors (Lipinski definition) is 4. The molecule has 1 unspecified atom stereocenters. The number of nitrogens with zero attached hydrogens (tertiary/aromatic N) is 2. The molecule has 2 heterocycles. The fourth-order valence-corrected chi connectivity index (χ4v) is 3.80. The van der Waals surface area contributed by atoms with Crippen molar-refractivity contribution >= 4 is 29.1 Å². The molecule has 0 bridgehead atoms. The molecule has 1 fully saturated rings. The highest BCUT2D eigenvalue weighted by Crippen LogP contribution is 2.27. The van der Waals surface area contributed by atoms with Gasteiger partial charge in [0, 0.05) is 24.3 Å². The van der Waals surface area contributed by atoms with Crippen LogP contribution in [-0.2, 0) is 20.9 Å². The van der Waals surface area contributed by atoms with Crippen LogP contribution in [0, 0.1) is 12.8 Å². The molecule has 32 heavy (non-hydrogen) atoms. The van der Waals surface area contributed by atoms with E-state index in [1.165, 1.54) is 11.2 Å². The van der Waals surface area contributed by atoms with Crippen LogP contribution in [0.5, 0.6) is 0 Å². The van der Waals surface area contributed by atoms with Gasteiger partial charge in [-0.2, -0.15) is 0 Å². The summed E-state index contributed by atoms with van der Waals surface area (Å²) in [6.07, 6.45) is 1.64. The van der Waals surface area contributed by atoms with Crippen molar-refractivity contribution < 1.29 is 18.8 Å². The van der Waals surface area contributed by atoms with E-state index in [2.05, 4.69) is 5.32 Å². The maximum absolute atomic E-state index is 13.4. The van der Waals surface area contributed by atoms with Gasteiger partial charge in [0.1, 0.15) is 12.3 Å². The zero-order valence-electron chi connectivity index (χ0n) is 17.9. The van der Waals surface area contributed by atoms with Crippen LogP contribution in [0.1, 0.15) is 17.7 Å². The number of nitrogens with one attached hydrogen (secondary N) is 1. The molecule has 1 aliphatic rings. The molecule has 1 aliphatic heterocycles. The summed E-state index contributed by atoms with van der Waals surface area (Å²) in [6, 6.07) is 20.2. The third-order valence-electron chi connectivity index (χ3n) is 5.45. The number of rotatable bonds is 7. The van der Waals surface area contributed by atoms with E-state index in [4.69, 9.17) is 4.42 Å². The van der Waals surface area contributed by atoms with E-state index in [1.54, 1.807) is 29.2 Å². The van der Waals surface area contributed by atoms with Gasteiger partial charge >= 0.3 is 0 Å². The van der Waals surface area contributed by atoms with Crippen molar-refractivity contribution in [3.05, 3.63) is 84.3 Å². The fraction of sp³-hybridized carbons (Fsp3) is 0.240. The largest absolute Gasteiger partial charge is 0.467 e. The first kappa shape index (κ1) is 21.4. The lowest BCUT2D eigenvalue weighted by Crippen LogP contribution is -2.41. The van der Waals surface area contributed by atoms with Crippen LogP contribution < -0.4 is 10.2 Å². The molecule has 1 atom stereocenters. The summed E-state index contributed by atoms with van der Waals surface area (Å²) in [5.74, 6) is -0.601. The number of benzene rings is 2. The molecular formula is C25H25N3O4. The molecule has 1 N–H and O–H groups in total. The third kappa shape index (κ3) is 5.06. The number of aryl methyl sites for hydroxylation is 1. The highest BCUT2D eigenvalue weighted by molar-refractivity contribution is 6.01. The van der Waals surface area contributed by atoms with Crippen molar-refractivity contribution in [3.8, 4) is 0 Å². The Hall–Kier alpha value is -3.87. The third-order valence-corrected chi connectivity index (χ3v) is 5.45. The molecule has 0 radical (unpaired) electrons. The zero-order valence-corrected chi connectivity index (χ0v) is 17.9. The molecular weight excluding hydrogens is 406 g/mol. The first-order chi connectivity index (χ1) is 15.5. The zero-order chi connectivity index (χ0) is 22.5. The summed E-state index contributed by atoms with van der Waals surface area (Å²) in [4.78, 5) is 41.7. The minimum absolute atomic E-state index is 0.0983. The van der Waals surface area contributed by atoms with Crippen molar-refractivity contribution in [1.82, 2.24) is 4.90 Å². The lowest BCUT2D eigenvalue weighted by molar-refractivity contribution is -0.139. The van der Waals surface area contributed by atoms with E-state index in [-0.39, 0.29) is 43.8 Å². The van der Waals surface area contributed by atoms with E-state index in [1.807, 2.05) is 49.4 Å². The van der Waals surface area contributed by atoms with Crippen molar-refractivity contribution in [2.45, 2.75) is 19.9 Å². The SMILES string of the molecule is Cc1ccc(N2CC(C(=O)N(CC(=O)Nc3ccccc3)Cc3ccco3)CC2=O)cc1. The summed E-state index contributed by atoms with van der Waals surface area (Å²) in [5, 5.41) is 2.81. The average Bonchev–Trinajstić information content (AvgIpc) is 3.44. The highest BCUT2D eigenvalue weighted by atomic mass is 16.3. The summed E-state index contributed by atoms with van der Waals surface area (Å²) < 4.78 is 5.40. The Labute approximate surface area is 186 Å². The molecule has 0 spiro atoms. The average molecular weight is 431 g/mol. The number of amides is 3. The van der Waals surface area contributed by atoms with Crippen LogP contribution in [0.3, 0.4) is 0 Å². The highest BCUT2D eigenvalue weighted by Gasteiger charge is 2.37. The molecule has 7 heteroatoms. The monoisotopic (exact) mass is 431 g/mol. The van der Waals surface area contributed by atoms with Gasteiger partial charge in [0.2, 0.25) is 17.7 Å². The van der Waals surface area contributed by atoms with Gasteiger partial charge in [0.15, 0.2) is 0 Å². The predicted molar refractivity (Wildman–Crippen MR) is 121 cm³/mol. The van der Waals surface area contributed by atoms with Crippen LogP contribution >= 0.6 is 0 Å². The van der Waals surface area contributed by atoms with Gasteiger partial charge in [-0.3, -0.25) is 14.4 Å². The standard InChI is InChI=1S/C25H25N3O4/c1-18-9-11-21(12-10-18)28-15-19(14-24(28)30)25(31)27(16-22-8-5-13-32-22)17-23(29)26-20-6-3-2-4-7-20/h2-13,19H,14-17H2,1H3,(H,26,29). The minimum Gasteiger partial charge on any atom is -0.467 e. The molecule has 3 amide bonds. The van der Waals surface area contributed by atoms with Gasteiger partial charge in [0.05, 0.1) is 18.7 Å². The van der Waals surface area contributed by atoms with Gasteiger partial charge < -0.3 is 19.5 Å². The topological polar surface area (TPSA) is 82.9 Å². The number of furan rings is 1. The minimum atomic E-state index is -0.525. The van der Waals surface area contributed by atoms with E-state index in [0.717, 1.165) is 11.3 Å². The Morgan fingerprint density at radius 3 is 2.50 bits per heavy atom. The molecule has 1 saturated heterocycles. The van der Waals surface area contributed by atoms with Crippen molar-refractivity contribution in [1.29, 1.82) is 0 Å². The Kier molecular flexibility index (Phi) is 6.35. The van der Waals surface area contributed by atoms with Crippen molar-refractivity contribution in [2.75, 3.05) is 23.3 Å². The maximum atomic E-state index is 13.4. The fourth-order valence-electron chi connectivity index (χ4n) is 3.80. The molecule has 2 aromatic carbocycles. The maximum Gasteiger partial charge on any atom is 0.244 e. The van der Waals surface area contributed by atoms with Crippen molar-refractivity contribution in [3.63, 3.8) is 0 Å². The molecule has 1 aromatic heterocycles. The van der Waals surface area contributed by atoms with Crippen LogP contribution in [0.15, 0.2) is 77.4 Å². The van der Waals surface area contributed by atoms with E-state index >= 15 is 0 Å². The second kappa shape index (κ2) is 9.51. The lowest BCUT2D eigenvalue weighted by Gasteiger charge is -2.24. The van der Waals surface area contributed by atoms with Gasteiger partial charge in [-0.25, -0.2) is 0 Å².